The first-order valence-electron chi connectivity index (χ1n) is 5.93. The zero-order valence-corrected chi connectivity index (χ0v) is 10.6. The Morgan fingerprint density at radius 2 is 1.89 bits per heavy atom. The molecule has 0 radical (unpaired) electrons. The number of rotatable bonds is 6. The lowest BCUT2D eigenvalue weighted by Gasteiger charge is -2.09. The first kappa shape index (κ1) is 14.6. The molecule has 100 valence electrons. The molecule has 3 nitrogen and oxygen atoms in total. The van der Waals surface area contributed by atoms with Crippen LogP contribution in [0.3, 0.4) is 0 Å². The molecule has 0 heterocycles. The Bertz CT molecular complexity index is 388. The molecule has 0 aromatic heterocycles. The van der Waals surface area contributed by atoms with Crippen LogP contribution in [0.1, 0.15) is 25.8 Å². The molecular weight excluding hydrogens is 238 g/mol. The lowest BCUT2D eigenvalue weighted by molar-refractivity contribution is -0.121. The van der Waals surface area contributed by atoms with E-state index in [1.165, 1.54) is 18.2 Å². The van der Waals surface area contributed by atoms with Crippen molar-refractivity contribution < 1.29 is 13.6 Å². The highest BCUT2D eigenvalue weighted by Gasteiger charge is 2.08. The van der Waals surface area contributed by atoms with Gasteiger partial charge in [-0.1, -0.05) is 6.07 Å². The van der Waals surface area contributed by atoms with Crippen molar-refractivity contribution in [3.63, 3.8) is 0 Å². The van der Waals surface area contributed by atoms with Crippen molar-refractivity contribution >= 4 is 5.91 Å². The van der Waals surface area contributed by atoms with E-state index in [2.05, 4.69) is 10.6 Å². The summed E-state index contributed by atoms with van der Waals surface area (Å²) in [6, 6.07) is 3.85. The summed E-state index contributed by atoms with van der Waals surface area (Å²) in [5, 5.41) is 5.58. The molecule has 0 aliphatic rings. The molecule has 1 aromatic rings. The third-order valence-corrected chi connectivity index (χ3v) is 2.34. The normalized spacial score (nSPS) is 10.7. The smallest absolute Gasteiger partial charge is 0.221 e. The van der Waals surface area contributed by atoms with Gasteiger partial charge < -0.3 is 10.6 Å². The number of carbonyl (C=O) groups excluding carboxylic acids is 1. The van der Waals surface area contributed by atoms with Crippen LogP contribution in [0.15, 0.2) is 18.2 Å². The van der Waals surface area contributed by atoms with Crippen LogP contribution in [-0.4, -0.2) is 18.5 Å². The minimum atomic E-state index is -0.575. The largest absolute Gasteiger partial charge is 0.354 e. The number of hydrogen-bond acceptors (Lipinski definition) is 2. The Hall–Kier alpha value is -1.49. The van der Waals surface area contributed by atoms with Crippen LogP contribution in [0.2, 0.25) is 0 Å². The Kier molecular flexibility index (Phi) is 5.71. The van der Waals surface area contributed by atoms with Crippen molar-refractivity contribution in [1.29, 1.82) is 0 Å². The van der Waals surface area contributed by atoms with Gasteiger partial charge in [0, 0.05) is 31.1 Å². The third-order valence-electron chi connectivity index (χ3n) is 2.34. The number of nitrogens with one attached hydrogen (secondary N) is 2. The van der Waals surface area contributed by atoms with Crippen molar-refractivity contribution in [2.45, 2.75) is 32.9 Å². The van der Waals surface area contributed by atoms with Crippen molar-refractivity contribution in [2.75, 3.05) is 6.54 Å². The molecule has 0 aliphatic heterocycles. The van der Waals surface area contributed by atoms with Gasteiger partial charge >= 0.3 is 0 Å². The lowest BCUT2D eigenvalue weighted by Crippen LogP contribution is -2.32. The Labute approximate surface area is 106 Å². The SMILES string of the molecule is CC(C)NC(=O)CCNCc1c(F)cccc1F. The molecule has 5 heteroatoms. The van der Waals surface area contributed by atoms with Gasteiger partial charge in [0.25, 0.3) is 0 Å². The van der Waals surface area contributed by atoms with Crippen LogP contribution < -0.4 is 10.6 Å². The van der Waals surface area contributed by atoms with Crippen molar-refractivity contribution in [1.82, 2.24) is 10.6 Å². The van der Waals surface area contributed by atoms with Crippen LogP contribution >= 0.6 is 0 Å². The first-order chi connectivity index (χ1) is 8.50. The van der Waals surface area contributed by atoms with E-state index in [4.69, 9.17) is 0 Å². The Balaban J connectivity index is 2.32. The number of hydrogen-bond donors (Lipinski definition) is 2. The zero-order valence-electron chi connectivity index (χ0n) is 10.6. The second-order valence-corrected chi connectivity index (χ2v) is 4.35. The summed E-state index contributed by atoms with van der Waals surface area (Å²) in [6.07, 6.45) is 0.286. The molecule has 0 spiro atoms. The number of amides is 1. The fourth-order valence-corrected chi connectivity index (χ4v) is 1.51. The van der Waals surface area contributed by atoms with E-state index < -0.39 is 11.6 Å². The molecular formula is C13H18F2N2O. The third kappa shape index (κ3) is 4.79. The van der Waals surface area contributed by atoms with Gasteiger partial charge in [0.1, 0.15) is 11.6 Å². The second-order valence-electron chi connectivity index (χ2n) is 4.35. The summed E-state index contributed by atoms with van der Waals surface area (Å²) in [5.74, 6) is -1.23. The molecule has 0 saturated heterocycles. The average molecular weight is 256 g/mol. The van der Waals surface area contributed by atoms with Gasteiger partial charge in [-0.3, -0.25) is 4.79 Å². The van der Waals surface area contributed by atoms with Crippen LogP contribution in [0.5, 0.6) is 0 Å². The maximum Gasteiger partial charge on any atom is 0.221 e. The summed E-state index contributed by atoms with van der Waals surface area (Å²) < 4.78 is 26.5. The second kappa shape index (κ2) is 7.06. The molecule has 0 fully saturated rings. The monoisotopic (exact) mass is 256 g/mol. The van der Waals surface area contributed by atoms with Gasteiger partial charge in [-0.15, -0.1) is 0 Å². The van der Waals surface area contributed by atoms with Crippen molar-refractivity contribution in [2.24, 2.45) is 0 Å². The van der Waals surface area contributed by atoms with Crippen LogP contribution in [0.4, 0.5) is 8.78 Å². The molecule has 0 unspecified atom stereocenters. The fourth-order valence-electron chi connectivity index (χ4n) is 1.51. The van der Waals surface area contributed by atoms with Gasteiger partial charge in [0.2, 0.25) is 5.91 Å². The Morgan fingerprint density at radius 1 is 1.28 bits per heavy atom. The van der Waals surface area contributed by atoms with Gasteiger partial charge in [-0.2, -0.15) is 0 Å². The predicted octanol–water partition coefficient (Wildman–Crippen LogP) is 1.97. The maximum absolute atomic E-state index is 13.2. The molecule has 2 N–H and O–H groups in total. The fraction of sp³-hybridized carbons (Fsp3) is 0.462. The highest BCUT2D eigenvalue weighted by molar-refractivity contribution is 5.76. The molecule has 0 bridgehead atoms. The topological polar surface area (TPSA) is 41.1 Å². The number of benzene rings is 1. The number of halogens is 2. The maximum atomic E-state index is 13.2. The summed E-state index contributed by atoms with van der Waals surface area (Å²) in [6.45, 7) is 4.21. The summed E-state index contributed by atoms with van der Waals surface area (Å²) in [5.41, 5.74) is 0.00164. The molecule has 18 heavy (non-hydrogen) atoms. The summed E-state index contributed by atoms with van der Waals surface area (Å²) in [7, 11) is 0. The molecule has 0 aliphatic carbocycles. The van der Waals surface area contributed by atoms with Crippen LogP contribution in [-0.2, 0) is 11.3 Å². The quantitative estimate of drug-likeness (QED) is 0.764. The van der Waals surface area contributed by atoms with Crippen LogP contribution in [0.25, 0.3) is 0 Å². The molecule has 0 atom stereocenters. The van der Waals surface area contributed by atoms with E-state index in [-0.39, 0.29) is 30.5 Å². The van der Waals surface area contributed by atoms with Gasteiger partial charge in [-0.25, -0.2) is 8.78 Å². The van der Waals surface area contributed by atoms with E-state index in [1.807, 2.05) is 13.8 Å². The van der Waals surface area contributed by atoms with E-state index >= 15 is 0 Å². The van der Waals surface area contributed by atoms with Crippen molar-refractivity contribution in [3.8, 4) is 0 Å². The summed E-state index contributed by atoms with van der Waals surface area (Å²) >= 11 is 0. The molecule has 1 amide bonds. The minimum Gasteiger partial charge on any atom is -0.354 e. The standard InChI is InChI=1S/C13H18F2N2O/c1-9(2)17-13(18)6-7-16-8-10-11(14)4-3-5-12(10)15/h3-5,9,16H,6-8H2,1-2H3,(H,17,18). The molecule has 1 rings (SSSR count). The Morgan fingerprint density at radius 3 is 2.44 bits per heavy atom. The first-order valence-corrected chi connectivity index (χ1v) is 5.93. The highest BCUT2D eigenvalue weighted by atomic mass is 19.1. The lowest BCUT2D eigenvalue weighted by atomic mass is 10.2. The highest BCUT2D eigenvalue weighted by Crippen LogP contribution is 2.11. The van der Waals surface area contributed by atoms with Gasteiger partial charge in [0.15, 0.2) is 0 Å². The number of carbonyl (C=O) groups is 1. The van der Waals surface area contributed by atoms with E-state index in [9.17, 15) is 13.6 Å². The predicted molar refractivity (Wildman–Crippen MR) is 66.0 cm³/mol. The van der Waals surface area contributed by atoms with E-state index in [0.29, 0.717) is 6.54 Å². The zero-order chi connectivity index (χ0) is 13.5. The van der Waals surface area contributed by atoms with Gasteiger partial charge in [-0.05, 0) is 26.0 Å². The van der Waals surface area contributed by atoms with Gasteiger partial charge in [0.05, 0.1) is 0 Å². The van der Waals surface area contributed by atoms with E-state index in [1.54, 1.807) is 0 Å². The van der Waals surface area contributed by atoms with Crippen molar-refractivity contribution in [3.05, 3.63) is 35.4 Å². The minimum absolute atomic E-state index is 0.00164. The van der Waals surface area contributed by atoms with E-state index in [0.717, 1.165) is 0 Å². The molecule has 0 saturated carbocycles. The summed E-state index contributed by atoms with van der Waals surface area (Å²) in [4.78, 5) is 11.3. The van der Waals surface area contributed by atoms with Crippen LogP contribution in [0, 0.1) is 11.6 Å². The molecule has 1 aromatic carbocycles. The average Bonchev–Trinajstić information content (AvgIpc) is 2.26.